The van der Waals surface area contributed by atoms with Gasteiger partial charge >= 0.3 is 5.97 Å². The molecule has 0 radical (unpaired) electrons. The summed E-state index contributed by atoms with van der Waals surface area (Å²) in [7, 11) is 1.40. The van der Waals surface area contributed by atoms with Crippen LogP contribution in [0.15, 0.2) is 36.4 Å². The fourth-order valence-electron chi connectivity index (χ4n) is 1.77. The molecule has 0 unspecified atom stereocenters. The molecular formula is C15H13F2NO3. The Morgan fingerprint density at radius 1 is 1.24 bits per heavy atom. The minimum Gasteiger partial charge on any atom is -0.496 e. The molecule has 0 aliphatic rings. The molecule has 0 amide bonds. The van der Waals surface area contributed by atoms with Gasteiger partial charge in [0.05, 0.1) is 7.11 Å². The lowest BCUT2D eigenvalue weighted by molar-refractivity contribution is 0.0464. The highest BCUT2D eigenvalue weighted by Crippen LogP contribution is 2.22. The lowest BCUT2D eigenvalue weighted by Crippen LogP contribution is -2.09. The van der Waals surface area contributed by atoms with Gasteiger partial charge in [0.2, 0.25) is 0 Å². The van der Waals surface area contributed by atoms with Crippen molar-refractivity contribution in [2.75, 3.05) is 12.8 Å². The molecule has 2 rings (SSSR count). The van der Waals surface area contributed by atoms with Gasteiger partial charge in [0.1, 0.15) is 17.9 Å². The Labute approximate surface area is 120 Å². The zero-order valence-corrected chi connectivity index (χ0v) is 11.2. The number of carbonyl (C=O) groups excluding carboxylic acids is 1. The number of nitrogen functional groups attached to an aromatic ring is 1. The van der Waals surface area contributed by atoms with Crippen LogP contribution < -0.4 is 10.5 Å². The first-order valence-electron chi connectivity index (χ1n) is 6.06. The number of methoxy groups -OCH3 is 1. The standard InChI is InChI=1S/C15H13F2NO3/c1-20-13-6-5-10(18)7-11(13)15(19)21-8-9-3-2-4-12(16)14(9)17/h2-7H,8,18H2,1H3. The normalized spacial score (nSPS) is 10.2. The Bertz CT molecular complexity index is 674. The van der Waals surface area contributed by atoms with E-state index in [0.29, 0.717) is 5.69 Å². The molecule has 0 aliphatic heterocycles. The molecule has 2 aromatic rings. The zero-order chi connectivity index (χ0) is 15.4. The Kier molecular flexibility index (Phi) is 4.37. The van der Waals surface area contributed by atoms with Gasteiger partial charge in [0.15, 0.2) is 11.6 Å². The smallest absolute Gasteiger partial charge is 0.342 e. The van der Waals surface area contributed by atoms with Crippen LogP contribution in [-0.4, -0.2) is 13.1 Å². The first kappa shape index (κ1) is 14.8. The third-order valence-electron chi connectivity index (χ3n) is 2.83. The van der Waals surface area contributed by atoms with Crippen molar-refractivity contribution in [1.82, 2.24) is 0 Å². The summed E-state index contributed by atoms with van der Waals surface area (Å²) in [6, 6.07) is 8.15. The molecule has 21 heavy (non-hydrogen) atoms. The summed E-state index contributed by atoms with van der Waals surface area (Å²) in [5, 5.41) is 0. The van der Waals surface area contributed by atoms with E-state index in [4.69, 9.17) is 15.2 Å². The van der Waals surface area contributed by atoms with Crippen molar-refractivity contribution < 1.29 is 23.0 Å². The maximum atomic E-state index is 13.5. The van der Waals surface area contributed by atoms with E-state index in [1.165, 1.54) is 31.4 Å². The van der Waals surface area contributed by atoms with Crippen LogP contribution in [0.25, 0.3) is 0 Å². The van der Waals surface area contributed by atoms with Crippen LogP contribution >= 0.6 is 0 Å². The maximum Gasteiger partial charge on any atom is 0.342 e. The van der Waals surface area contributed by atoms with E-state index in [-0.39, 0.29) is 23.5 Å². The molecule has 0 bridgehead atoms. The predicted octanol–water partition coefficient (Wildman–Crippen LogP) is 2.91. The number of rotatable bonds is 4. The van der Waals surface area contributed by atoms with Crippen LogP contribution in [0.3, 0.4) is 0 Å². The van der Waals surface area contributed by atoms with Gasteiger partial charge in [0, 0.05) is 11.3 Å². The van der Waals surface area contributed by atoms with E-state index in [0.717, 1.165) is 6.07 Å². The van der Waals surface area contributed by atoms with Gasteiger partial charge in [-0.1, -0.05) is 12.1 Å². The molecule has 2 N–H and O–H groups in total. The summed E-state index contributed by atoms with van der Waals surface area (Å²) in [6.07, 6.45) is 0. The molecule has 0 saturated heterocycles. The summed E-state index contributed by atoms with van der Waals surface area (Å²) in [6.45, 7) is -0.389. The largest absolute Gasteiger partial charge is 0.496 e. The second-order valence-corrected chi connectivity index (χ2v) is 4.25. The monoisotopic (exact) mass is 293 g/mol. The van der Waals surface area contributed by atoms with Crippen LogP contribution in [0.4, 0.5) is 14.5 Å². The van der Waals surface area contributed by atoms with Crippen LogP contribution in [0, 0.1) is 11.6 Å². The van der Waals surface area contributed by atoms with Crippen LogP contribution in [-0.2, 0) is 11.3 Å². The van der Waals surface area contributed by atoms with Gasteiger partial charge in [-0.15, -0.1) is 0 Å². The highest BCUT2D eigenvalue weighted by molar-refractivity contribution is 5.93. The van der Waals surface area contributed by atoms with Crippen LogP contribution in [0.2, 0.25) is 0 Å². The fraction of sp³-hybridized carbons (Fsp3) is 0.133. The minimum absolute atomic E-state index is 0.0498. The van der Waals surface area contributed by atoms with E-state index in [9.17, 15) is 13.6 Å². The van der Waals surface area contributed by atoms with Crippen LogP contribution in [0.5, 0.6) is 5.75 Å². The summed E-state index contributed by atoms with van der Waals surface area (Å²) in [5.41, 5.74) is 6.03. The SMILES string of the molecule is COc1ccc(N)cc1C(=O)OCc1cccc(F)c1F. The fourth-order valence-corrected chi connectivity index (χ4v) is 1.77. The van der Waals surface area contributed by atoms with Gasteiger partial charge < -0.3 is 15.2 Å². The molecule has 6 heteroatoms. The molecule has 4 nitrogen and oxygen atoms in total. The zero-order valence-electron chi connectivity index (χ0n) is 11.2. The van der Waals surface area contributed by atoms with Crippen molar-refractivity contribution in [1.29, 1.82) is 0 Å². The van der Waals surface area contributed by atoms with Gasteiger partial charge in [0.25, 0.3) is 0 Å². The molecule has 110 valence electrons. The molecule has 2 aromatic carbocycles. The van der Waals surface area contributed by atoms with E-state index >= 15 is 0 Å². The number of hydrogen-bond donors (Lipinski definition) is 1. The Morgan fingerprint density at radius 2 is 2.00 bits per heavy atom. The summed E-state index contributed by atoms with van der Waals surface area (Å²) in [5.74, 6) is -2.48. The van der Waals surface area contributed by atoms with E-state index < -0.39 is 17.6 Å². The lowest BCUT2D eigenvalue weighted by atomic mass is 10.1. The van der Waals surface area contributed by atoms with E-state index in [1.807, 2.05) is 0 Å². The third kappa shape index (κ3) is 3.28. The molecule has 0 aliphatic carbocycles. The van der Waals surface area contributed by atoms with E-state index in [2.05, 4.69) is 0 Å². The Balaban J connectivity index is 2.15. The molecule has 0 heterocycles. The Hall–Kier alpha value is -2.63. The van der Waals surface area contributed by atoms with Crippen molar-refractivity contribution >= 4 is 11.7 Å². The lowest BCUT2D eigenvalue weighted by Gasteiger charge is -2.10. The van der Waals surface area contributed by atoms with Crippen LogP contribution in [0.1, 0.15) is 15.9 Å². The van der Waals surface area contributed by atoms with Crippen molar-refractivity contribution in [3.63, 3.8) is 0 Å². The molecule has 0 spiro atoms. The number of carbonyl (C=O) groups is 1. The van der Waals surface area contributed by atoms with Crippen molar-refractivity contribution in [3.8, 4) is 5.75 Å². The minimum atomic E-state index is -1.04. The van der Waals surface area contributed by atoms with Gasteiger partial charge in [-0.05, 0) is 24.3 Å². The number of ether oxygens (including phenoxy) is 2. The summed E-state index contributed by atoms with van der Waals surface area (Å²) < 4.78 is 36.5. The van der Waals surface area contributed by atoms with Gasteiger partial charge in [-0.25, -0.2) is 13.6 Å². The van der Waals surface area contributed by atoms with Crippen molar-refractivity contribution in [2.24, 2.45) is 0 Å². The average Bonchev–Trinajstić information content (AvgIpc) is 2.48. The second-order valence-electron chi connectivity index (χ2n) is 4.25. The third-order valence-corrected chi connectivity index (χ3v) is 2.83. The number of esters is 1. The summed E-state index contributed by atoms with van der Waals surface area (Å²) in [4.78, 5) is 12.0. The molecule has 0 fully saturated rings. The maximum absolute atomic E-state index is 13.5. The first-order chi connectivity index (χ1) is 10.0. The van der Waals surface area contributed by atoms with Crippen molar-refractivity contribution in [2.45, 2.75) is 6.61 Å². The quantitative estimate of drug-likeness (QED) is 0.695. The average molecular weight is 293 g/mol. The highest BCUT2D eigenvalue weighted by Gasteiger charge is 2.16. The highest BCUT2D eigenvalue weighted by atomic mass is 19.2. The molecule has 0 saturated carbocycles. The Morgan fingerprint density at radius 3 is 2.71 bits per heavy atom. The topological polar surface area (TPSA) is 61.5 Å². The molecule has 0 atom stereocenters. The number of benzene rings is 2. The van der Waals surface area contributed by atoms with Crippen molar-refractivity contribution in [3.05, 3.63) is 59.2 Å². The van der Waals surface area contributed by atoms with Gasteiger partial charge in [-0.3, -0.25) is 0 Å². The number of nitrogens with two attached hydrogens (primary N) is 1. The molecular weight excluding hydrogens is 280 g/mol. The van der Waals surface area contributed by atoms with E-state index in [1.54, 1.807) is 6.07 Å². The first-order valence-corrected chi connectivity index (χ1v) is 6.06. The second kappa shape index (κ2) is 6.21. The summed E-state index contributed by atoms with van der Waals surface area (Å²) >= 11 is 0. The number of halogens is 2. The number of anilines is 1. The number of hydrogen-bond acceptors (Lipinski definition) is 4. The van der Waals surface area contributed by atoms with Gasteiger partial charge in [-0.2, -0.15) is 0 Å². The predicted molar refractivity (Wildman–Crippen MR) is 72.9 cm³/mol. The molecule has 0 aromatic heterocycles.